The Kier molecular flexibility index (Phi) is 6.08. The number of nitrogens with zero attached hydrogens (tertiary/aromatic N) is 1. The predicted octanol–water partition coefficient (Wildman–Crippen LogP) is 0.904. The molecule has 1 unspecified atom stereocenters. The van der Waals surface area contributed by atoms with Gasteiger partial charge in [0.05, 0.1) is 6.61 Å². The molecule has 3 nitrogen and oxygen atoms in total. The van der Waals surface area contributed by atoms with Crippen molar-refractivity contribution >= 4 is 0 Å². The lowest BCUT2D eigenvalue weighted by molar-refractivity contribution is 0.120. The highest BCUT2D eigenvalue weighted by atomic mass is 16.3. The molecular formula is C13H21NO2. The second kappa shape index (κ2) is 7.39. The van der Waals surface area contributed by atoms with Crippen molar-refractivity contribution in [3.63, 3.8) is 0 Å². The van der Waals surface area contributed by atoms with Crippen molar-refractivity contribution in [3.8, 4) is 0 Å². The average molecular weight is 223 g/mol. The van der Waals surface area contributed by atoms with Crippen molar-refractivity contribution in [1.29, 1.82) is 0 Å². The summed E-state index contributed by atoms with van der Waals surface area (Å²) >= 11 is 0. The zero-order chi connectivity index (χ0) is 11.8. The first-order valence-corrected chi connectivity index (χ1v) is 5.73. The summed E-state index contributed by atoms with van der Waals surface area (Å²) < 4.78 is 0. The molecule has 0 fully saturated rings. The van der Waals surface area contributed by atoms with E-state index in [0.29, 0.717) is 6.42 Å². The lowest BCUT2D eigenvalue weighted by atomic mass is 10.1. The first-order chi connectivity index (χ1) is 7.77. The van der Waals surface area contributed by atoms with Crippen LogP contribution in [0.4, 0.5) is 0 Å². The second-order valence-electron chi connectivity index (χ2n) is 4.06. The lowest BCUT2D eigenvalue weighted by Gasteiger charge is -2.25. The number of benzene rings is 1. The molecule has 0 aliphatic heterocycles. The normalized spacial score (nSPS) is 13.0. The molecule has 16 heavy (non-hydrogen) atoms. The van der Waals surface area contributed by atoms with Crippen molar-refractivity contribution < 1.29 is 10.2 Å². The van der Waals surface area contributed by atoms with E-state index in [9.17, 15) is 5.11 Å². The maximum Gasteiger partial charge on any atom is 0.0587 e. The fraction of sp³-hybridized carbons (Fsp3) is 0.538. The predicted molar refractivity (Wildman–Crippen MR) is 65.4 cm³/mol. The number of likely N-dealkylation sites (N-methyl/N-ethyl adjacent to an activating group) is 1. The molecule has 0 saturated heterocycles. The van der Waals surface area contributed by atoms with Gasteiger partial charge in [-0.2, -0.15) is 0 Å². The van der Waals surface area contributed by atoms with E-state index in [1.807, 2.05) is 25.2 Å². The lowest BCUT2D eigenvalue weighted by Crippen LogP contribution is -2.36. The topological polar surface area (TPSA) is 43.7 Å². The maximum atomic E-state index is 9.17. The number of rotatable bonds is 7. The summed E-state index contributed by atoms with van der Waals surface area (Å²) in [6, 6.07) is 10.4. The summed E-state index contributed by atoms with van der Waals surface area (Å²) in [6.45, 7) is 1.13. The van der Waals surface area contributed by atoms with E-state index in [1.54, 1.807) is 0 Å². The van der Waals surface area contributed by atoms with Gasteiger partial charge in [0.1, 0.15) is 0 Å². The fourth-order valence-electron chi connectivity index (χ4n) is 1.73. The van der Waals surface area contributed by atoms with Gasteiger partial charge in [0.15, 0.2) is 0 Å². The van der Waals surface area contributed by atoms with Gasteiger partial charge in [0, 0.05) is 19.2 Å². The Labute approximate surface area is 97.3 Å². The molecular weight excluding hydrogens is 202 g/mol. The molecule has 1 aromatic carbocycles. The smallest absolute Gasteiger partial charge is 0.0587 e. The number of aliphatic hydroxyl groups excluding tert-OH is 2. The molecule has 0 spiro atoms. The van der Waals surface area contributed by atoms with Crippen molar-refractivity contribution in [2.75, 3.05) is 26.8 Å². The van der Waals surface area contributed by atoms with E-state index in [4.69, 9.17) is 5.11 Å². The first-order valence-electron chi connectivity index (χ1n) is 5.73. The molecule has 0 amide bonds. The van der Waals surface area contributed by atoms with Crippen molar-refractivity contribution in [1.82, 2.24) is 4.90 Å². The van der Waals surface area contributed by atoms with E-state index in [1.165, 1.54) is 5.56 Å². The van der Waals surface area contributed by atoms with E-state index in [-0.39, 0.29) is 19.3 Å². The van der Waals surface area contributed by atoms with Crippen LogP contribution in [-0.2, 0) is 6.42 Å². The molecule has 0 aliphatic rings. The van der Waals surface area contributed by atoms with Crippen LogP contribution in [0.15, 0.2) is 30.3 Å². The molecule has 0 aromatic heterocycles. The Morgan fingerprint density at radius 1 is 1.19 bits per heavy atom. The van der Waals surface area contributed by atoms with Crippen LogP contribution in [-0.4, -0.2) is 48.0 Å². The molecule has 0 bridgehead atoms. The highest BCUT2D eigenvalue weighted by Gasteiger charge is 2.12. The molecule has 1 aromatic rings. The molecule has 1 atom stereocenters. The van der Waals surface area contributed by atoms with Gasteiger partial charge in [-0.1, -0.05) is 30.3 Å². The maximum absolute atomic E-state index is 9.17. The van der Waals surface area contributed by atoms with Crippen LogP contribution in [0, 0.1) is 0 Å². The Morgan fingerprint density at radius 3 is 2.44 bits per heavy atom. The van der Waals surface area contributed by atoms with E-state index in [2.05, 4.69) is 17.0 Å². The summed E-state index contributed by atoms with van der Waals surface area (Å²) in [4.78, 5) is 2.10. The quantitative estimate of drug-likeness (QED) is 0.722. The van der Waals surface area contributed by atoms with Gasteiger partial charge < -0.3 is 15.1 Å². The number of hydrogen-bond donors (Lipinski definition) is 2. The average Bonchev–Trinajstić information content (AvgIpc) is 2.34. The standard InChI is InChI=1S/C13H21NO2/c1-14(13(11-16)8-10-15)9-7-12-5-3-2-4-6-12/h2-6,13,15-16H,7-11H2,1H3. The first kappa shape index (κ1) is 13.2. The molecule has 90 valence electrons. The van der Waals surface area contributed by atoms with Gasteiger partial charge >= 0.3 is 0 Å². The number of hydrogen-bond acceptors (Lipinski definition) is 3. The summed E-state index contributed by atoms with van der Waals surface area (Å²) in [7, 11) is 1.99. The van der Waals surface area contributed by atoms with Crippen LogP contribution in [0.1, 0.15) is 12.0 Å². The molecule has 1 rings (SSSR count). The SMILES string of the molecule is CN(CCc1ccccc1)C(CO)CCO. The van der Waals surface area contributed by atoms with Crippen LogP contribution >= 0.6 is 0 Å². The zero-order valence-electron chi connectivity index (χ0n) is 9.84. The highest BCUT2D eigenvalue weighted by Crippen LogP contribution is 2.05. The minimum Gasteiger partial charge on any atom is -0.396 e. The van der Waals surface area contributed by atoms with Crippen molar-refractivity contribution in [2.45, 2.75) is 18.9 Å². The van der Waals surface area contributed by atoms with Crippen LogP contribution in [0.25, 0.3) is 0 Å². The van der Waals surface area contributed by atoms with Crippen LogP contribution < -0.4 is 0 Å². The van der Waals surface area contributed by atoms with Gasteiger partial charge in [-0.3, -0.25) is 0 Å². The molecule has 0 radical (unpaired) electrons. The fourth-order valence-corrected chi connectivity index (χ4v) is 1.73. The van der Waals surface area contributed by atoms with Crippen LogP contribution in [0.5, 0.6) is 0 Å². The Morgan fingerprint density at radius 2 is 1.88 bits per heavy atom. The third kappa shape index (κ3) is 4.31. The molecule has 0 aliphatic carbocycles. The minimum atomic E-state index is 0.0636. The monoisotopic (exact) mass is 223 g/mol. The summed E-state index contributed by atoms with van der Waals surface area (Å²) in [5.41, 5.74) is 1.30. The highest BCUT2D eigenvalue weighted by molar-refractivity contribution is 5.14. The van der Waals surface area contributed by atoms with Crippen molar-refractivity contribution in [3.05, 3.63) is 35.9 Å². The van der Waals surface area contributed by atoms with Crippen LogP contribution in [0.2, 0.25) is 0 Å². The summed E-state index contributed by atoms with van der Waals surface area (Å²) in [5.74, 6) is 0. The van der Waals surface area contributed by atoms with Gasteiger partial charge in [-0.15, -0.1) is 0 Å². The third-order valence-corrected chi connectivity index (χ3v) is 2.89. The largest absolute Gasteiger partial charge is 0.396 e. The molecule has 3 heteroatoms. The summed E-state index contributed by atoms with van der Waals surface area (Å²) in [6.07, 6.45) is 1.60. The van der Waals surface area contributed by atoms with E-state index in [0.717, 1.165) is 13.0 Å². The molecule has 2 N–H and O–H groups in total. The summed E-state index contributed by atoms with van der Waals surface area (Å²) in [5, 5.41) is 18.0. The Balaban J connectivity index is 2.36. The van der Waals surface area contributed by atoms with Gasteiger partial charge in [-0.05, 0) is 25.5 Å². The minimum absolute atomic E-state index is 0.0636. The van der Waals surface area contributed by atoms with Gasteiger partial charge in [0.25, 0.3) is 0 Å². The molecule has 0 saturated carbocycles. The second-order valence-corrected chi connectivity index (χ2v) is 4.06. The Hall–Kier alpha value is -0.900. The zero-order valence-corrected chi connectivity index (χ0v) is 9.84. The third-order valence-electron chi connectivity index (χ3n) is 2.89. The van der Waals surface area contributed by atoms with Gasteiger partial charge in [0.2, 0.25) is 0 Å². The van der Waals surface area contributed by atoms with Crippen molar-refractivity contribution in [2.24, 2.45) is 0 Å². The van der Waals surface area contributed by atoms with Gasteiger partial charge in [-0.25, -0.2) is 0 Å². The Bertz CT molecular complexity index is 277. The molecule has 0 heterocycles. The van der Waals surface area contributed by atoms with E-state index < -0.39 is 0 Å². The van der Waals surface area contributed by atoms with E-state index >= 15 is 0 Å². The number of aliphatic hydroxyl groups is 2. The van der Waals surface area contributed by atoms with Crippen LogP contribution in [0.3, 0.4) is 0 Å².